The molecule has 2 rings (SSSR count). The number of rotatable bonds is 10. The summed E-state index contributed by atoms with van der Waals surface area (Å²) in [4.78, 5) is 14.0. The first-order chi connectivity index (χ1) is 12.7. The van der Waals surface area contributed by atoms with Crippen LogP contribution in [0.2, 0.25) is 0 Å². The Morgan fingerprint density at radius 3 is 2.77 bits per heavy atom. The van der Waals surface area contributed by atoms with E-state index >= 15 is 0 Å². The predicted molar refractivity (Wildman–Crippen MR) is 104 cm³/mol. The second-order valence-corrected chi connectivity index (χ2v) is 6.47. The van der Waals surface area contributed by atoms with Gasteiger partial charge >= 0.3 is 0 Å². The molecule has 0 saturated carbocycles. The van der Waals surface area contributed by atoms with E-state index in [-0.39, 0.29) is 12.5 Å². The fourth-order valence-electron chi connectivity index (χ4n) is 3.10. The summed E-state index contributed by atoms with van der Waals surface area (Å²) < 4.78 is 11.0. The minimum absolute atomic E-state index is 0.00885. The monoisotopic (exact) mass is 361 g/mol. The molecule has 1 aliphatic heterocycles. The lowest BCUT2D eigenvalue weighted by Gasteiger charge is -2.31. The highest BCUT2D eigenvalue weighted by molar-refractivity contribution is 5.77. The van der Waals surface area contributed by atoms with Gasteiger partial charge in [0, 0.05) is 25.7 Å². The summed E-state index contributed by atoms with van der Waals surface area (Å²) in [6.45, 7) is 10.3. The minimum Gasteiger partial charge on any atom is -0.493 e. The SMILES string of the molecule is C=CCN1CCC(NCc2ccc(OCC(=O)NCC)c(OC)c2)CC1. The lowest BCUT2D eigenvalue weighted by Crippen LogP contribution is -2.42. The molecule has 1 heterocycles. The van der Waals surface area contributed by atoms with Crippen LogP contribution in [-0.4, -0.2) is 56.7 Å². The van der Waals surface area contributed by atoms with Gasteiger partial charge in [-0.15, -0.1) is 6.58 Å². The number of amides is 1. The summed E-state index contributed by atoms with van der Waals surface area (Å²) in [5.74, 6) is 1.10. The molecule has 1 aliphatic rings. The van der Waals surface area contributed by atoms with Gasteiger partial charge in [0.1, 0.15) is 0 Å². The number of ether oxygens (including phenoxy) is 2. The lowest BCUT2D eigenvalue weighted by molar-refractivity contribution is -0.123. The van der Waals surface area contributed by atoms with Crippen LogP contribution < -0.4 is 20.1 Å². The van der Waals surface area contributed by atoms with E-state index in [1.54, 1.807) is 7.11 Å². The number of carbonyl (C=O) groups is 1. The highest BCUT2D eigenvalue weighted by Crippen LogP contribution is 2.28. The van der Waals surface area contributed by atoms with Crippen molar-refractivity contribution in [3.8, 4) is 11.5 Å². The summed E-state index contributed by atoms with van der Waals surface area (Å²) in [5, 5.41) is 6.33. The van der Waals surface area contributed by atoms with Gasteiger partial charge in [-0.2, -0.15) is 0 Å². The number of hydrogen-bond donors (Lipinski definition) is 2. The molecule has 0 atom stereocenters. The molecule has 6 heteroatoms. The van der Waals surface area contributed by atoms with E-state index in [4.69, 9.17) is 9.47 Å². The van der Waals surface area contributed by atoms with E-state index in [0.29, 0.717) is 24.1 Å². The zero-order valence-corrected chi connectivity index (χ0v) is 15.9. The van der Waals surface area contributed by atoms with Crippen LogP contribution in [0.25, 0.3) is 0 Å². The minimum atomic E-state index is -0.136. The smallest absolute Gasteiger partial charge is 0.257 e. The average molecular weight is 361 g/mol. The number of likely N-dealkylation sites (N-methyl/N-ethyl adjacent to an activating group) is 1. The molecule has 0 aliphatic carbocycles. The Bertz CT molecular complexity index is 584. The van der Waals surface area contributed by atoms with Gasteiger partial charge in [-0.1, -0.05) is 12.1 Å². The van der Waals surface area contributed by atoms with E-state index in [0.717, 1.165) is 44.6 Å². The van der Waals surface area contributed by atoms with E-state index in [1.807, 2.05) is 31.2 Å². The van der Waals surface area contributed by atoms with Gasteiger partial charge in [0.2, 0.25) is 0 Å². The summed E-state index contributed by atoms with van der Waals surface area (Å²) in [6.07, 6.45) is 4.27. The molecule has 26 heavy (non-hydrogen) atoms. The van der Waals surface area contributed by atoms with Gasteiger partial charge in [0.05, 0.1) is 7.11 Å². The Kier molecular flexibility index (Phi) is 8.44. The molecular formula is C20H31N3O3. The van der Waals surface area contributed by atoms with E-state index in [2.05, 4.69) is 22.1 Å². The third-order valence-electron chi connectivity index (χ3n) is 4.53. The zero-order valence-electron chi connectivity index (χ0n) is 15.9. The molecule has 6 nitrogen and oxygen atoms in total. The van der Waals surface area contributed by atoms with Crippen molar-refractivity contribution in [3.05, 3.63) is 36.4 Å². The number of nitrogens with one attached hydrogen (secondary N) is 2. The first kappa shape index (κ1) is 20.3. The van der Waals surface area contributed by atoms with Gasteiger partial charge in [0.25, 0.3) is 5.91 Å². The number of carbonyl (C=O) groups excluding carboxylic acids is 1. The number of likely N-dealkylation sites (tertiary alicyclic amines) is 1. The molecule has 0 radical (unpaired) electrons. The van der Waals surface area contributed by atoms with Crippen LogP contribution in [0, 0.1) is 0 Å². The first-order valence-corrected chi connectivity index (χ1v) is 9.29. The molecule has 0 spiro atoms. The molecule has 1 aromatic rings. The molecule has 0 bridgehead atoms. The summed E-state index contributed by atoms with van der Waals surface area (Å²) in [7, 11) is 1.61. The van der Waals surface area contributed by atoms with E-state index in [9.17, 15) is 4.79 Å². The van der Waals surface area contributed by atoms with Crippen molar-refractivity contribution in [2.45, 2.75) is 32.4 Å². The molecule has 144 valence electrons. The van der Waals surface area contributed by atoms with E-state index < -0.39 is 0 Å². The number of nitrogens with zero attached hydrogens (tertiary/aromatic N) is 1. The molecule has 1 fully saturated rings. The van der Waals surface area contributed by atoms with Crippen molar-refractivity contribution in [1.29, 1.82) is 0 Å². The maximum atomic E-state index is 11.5. The molecular weight excluding hydrogens is 330 g/mol. The van der Waals surface area contributed by atoms with Crippen molar-refractivity contribution in [2.75, 3.05) is 39.9 Å². The van der Waals surface area contributed by atoms with Crippen molar-refractivity contribution in [2.24, 2.45) is 0 Å². The Morgan fingerprint density at radius 1 is 1.35 bits per heavy atom. The highest BCUT2D eigenvalue weighted by Gasteiger charge is 2.18. The molecule has 1 saturated heterocycles. The van der Waals surface area contributed by atoms with Gasteiger partial charge in [-0.25, -0.2) is 0 Å². The van der Waals surface area contributed by atoms with Crippen LogP contribution in [0.5, 0.6) is 11.5 Å². The van der Waals surface area contributed by atoms with Crippen LogP contribution >= 0.6 is 0 Å². The van der Waals surface area contributed by atoms with Crippen LogP contribution in [0.4, 0.5) is 0 Å². The second-order valence-electron chi connectivity index (χ2n) is 6.47. The van der Waals surface area contributed by atoms with Gasteiger partial charge in [-0.3, -0.25) is 9.69 Å². The van der Waals surface area contributed by atoms with Crippen molar-refractivity contribution >= 4 is 5.91 Å². The Hall–Kier alpha value is -2.05. The number of piperidine rings is 1. The summed E-state index contributed by atoms with van der Waals surface area (Å²) in [5.41, 5.74) is 1.14. The lowest BCUT2D eigenvalue weighted by atomic mass is 10.0. The third-order valence-corrected chi connectivity index (χ3v) is 4.53. The first-order valence-electron chi connectivity index (χ1n) is 9.29. The standard InChI is InChI=1S/C20H31N3O3/c1-4-10-23-11-8-17(9-12-23)22-14-16-6-7-18(19(13-16)25-3)26-15-20(24)21-5-2/h4,6-7,13,17,22H,1,5,8-12,14-15H2,2-3H3,(H,21,24). The Morgan fingerprint density at radius 2 is 2.12 bits per heavy atom. The maximum absolute atomic E-state index is 11.5. The fraction of sp³-hybridized carbons (Fsp3) is 0.550. The molecule has 2 N–H and O–H groups in total. The molecule has 1 aromatic carbocycles. The van der Waals surface area contributed by atoms with Crippen molar-refractivity contribution < 1.29 is 14.3 Å². The maximum Gasteiger partial charge on any atom is 0.257 e. The molecule has 0 aromatic heterocycles. The van der Waals surface area contributed by atoms with Crippen LogP contribution in [0.3, 0.4) is 0 Å². The van der Waals surface area contributed by atoms with Crippen LogP contribution in [0.15, 0.2) is 30.9 Å². The Labute approximate surface area is 156 Å². The number of methoxy groups -OCH3 is 1. The van der Waals surface area contributed by atoms with Crippen LogP contribution in [-0.2, 0) is 11.3 Å². The fourth-order valence-corrected chi connectivity index (χ4v) is 3.10. The molecule has 0 unspecified atom stereocenters. The number of hydrogen-bond acceptors (Lipinski definition) is 5. The quantitative estimate of drug-likeness (QED) is 0.624. The van der Waals surface area contributed by atoms with E-state index in [1.165, 1.54) is 0 Å². The summed E-state index contributed by atoms with van der Waals surface area (Å²) >= 11 is 0. The van der Waals surface area contributed by atoms with Crippen molar-refractivity contribution in [1.82, 2.24) is 15.5 Å². The Balaban J connectivity index is 1.83. The largest absolute Gasteiger partial charge is 0.493 e. The van der Waals surface area contributed by atoms with Gasteiger partial charge in [0.15, 0.2) is 18.1 Å². The van der Waals surface area contributed by atoms with Crippen molar-refractivity contribution in [3.63, 3.8) is 0 Å². The average Bonchev–Trinajstić information content (AvgIpc) is 2.66. The zero-order chi connectivity index (χ0) is 18.8. The summed E-state index contributed by atoms with van der Waals surface area (Å²) in [6, 6.07) is 6.38. The van der Waals surface area contributed by atoms with Gasteiger partial charge in [-0.05, 0) is 50.6 Å². The second kappa shape index (κ2) is 10.8. The topological polar surface area (TPSA) is 62.8 Å². The van der Waals surface area contributed by atoms with Gasteiger partial charge < -0.3 is 20.1 Å². The number of benzene rings is 1. The molecule has 1 amide bonds. The predicted octanol–water partition coefficient (Wildman–Crippen LogP) is 1.95. The van der Waals surface area contributed by atoms with Crippen LogP contribution in [0.1, 0.15) is 25.3 Å². The highest BCUT2D eigenvalue weighted by atomic mass is 16.5. The normalized spacial score (nSPS) is 15.5. The third kappa shape index (κ3) is 6.35.